The van der Waals surface area contributed by atoms with Gasteiger partial charge in [0.1, 0.15) is 22.3 Å². The van der Waals surface area contributed by atoms with E-state index in [9.17, 15) is 9.90 Å². The van der Waals surface area contributed by atoms with Gasteiger partial charge in [0.15, 0.2) is 0 Å². The fraction of sp³-hybridized carbons (Fsp3) is 0.0500. The molecule has 0 saturated heterocycles. The van der Waals surface area contributed by atoms with Crippen molar-refractivity contribution in [3.05, 3.63) is 65.1 Å². The second-order valence-electron chi connectivity index (χ2n) is 5.89. The second-order valence-corrected chi connectivity index (χ2v) is 6.25. The van der Waals surface area contributed by atoms with Gasteiger partial charge in [-0.2, -0.15) is 0 Å². The summed E-state index contributed by atoms with van der Waals surface area (Å²) >= 11 is 6.29. The molecule has 6 nitrogen and oxygen atoms in total. The number of rotatable bonds is 4. The monoisotopic (exact) mass is 379 g/mol. The van der Waals surface area contributed by atoms with Gasteiger partial charge in [-0.05, 0) is 36.4 Å². The molecule has 2 aromatic heterocycles. The molecule has 0 radical (unpaired) electrons. The van der Waals surface area contributed by atoms with E-state index in [0.717, 1.165) is 10.9 Å². The maximum absolute atomic E-state index is 11.8. The third kappa shape index (κ3) is 3.22. The summed E-state index contributed by atoms with van der Waals surface area (Å²) in [6.45, 7) is 0. The summed E-state index contributed by atoms with van der Waals surface area (Å²) in [5.41, 5.74) is 2.61. The molecule has 27 heavy (non-hydrogen) atoms. The SMILES string of the molecule is COc1ccc2cc(/C=C(\C(=O)O)c3nc4ccccc4[nH]3)c(Cl)nc2c1. The van der Waals surface area contributed by atoms with Crippen LogP contribution in [0.25, 0.3) is 33.6 Å². The molecule has 0 amide bonds. The molecule has 0 atom stereocenters. The molecule has 0 unspecified atom stereocenters. The highest BCUT2D eigenvalue weighted by Crippen LogP contribution is 2.27. The zero-order valence-electron chi connectivity index (χ0n) is 14.2. The van der Waals surface area contributed by atoms with Crippen LogP contribution in [0.4, 0.5) is 0 Å². The van der Waals surface area contributed by atoms with Gasteiger partial charge in [0, 0.05) is 17.0 Å². The summed E-state index contributed by atoms with van der Waals surface area (Å²) in [6, 6.07) is 14.6. The Balaban J connectivity index is 1.85. The van der Waals surface area contributed by atoms with Crippen LogP contribution in [0, 0.1) is 0 Å². The average Bonchev–Trinajstić information content (AvgIpc) is 3.09. The van der Waals surface area contributed by atoms with Crippen LogP contribution in [0.3, 0.4) is 0 Å². The number of nitrogens with zero attached hydrogens (tertiary/aromatic N) is 2. The summed E-state index contributed by atoms with van der Waals surface area (Å²) in [7, 11) is 1.58. The molecule has 0 fully saturated rings. The standard InChI is InChI=1S/C20H14ClN3O3/c1-27-13-7-6-11-8-12(18(21)22-17(11)10-13)9-14(20(25)26)19-23-15-4-2-3-5-16(15)24-19/h2-10H,1H3,(H,23,24)(H,25,26)/b14-9-. The maximum Gasteiger partial charge on any atom is 0.339 e. The Morgan fingerprint density at radius 1 is 1.15 bits per heavy atom. The number of hydrogen-bond donors (Lipinski definition) is 2. The predicted molar refractivity (Wildman–Crippen MR) is 105 cm³/mol. The third-order valence-corrected chi connectivity index (χ3v) is 4.48. The number of hydrogen-bond acceptors (Lipinski definition) is 4. The predicted octanol–water partition coefficient (Wildman–Crippen LogP) is 4.40. The van der Waals surface area contributed by atoms with Crippen LogP contribution in [0.2, 0.25) is 5.15 Å². The van der Waals surface area contributed by atoms with Gasteiger partial charge < -0.3 is 14.8 Å². The van der Waals surface area contributed by atoms with Crippen molar-refractivity contribution in [3.8, 4) is 5.75 Å². The summed E-state index contributed by atoms with van der Waals surface area (Å²) in [5.74, 6) is -0.183. The fourth-order valence-electron chi connectivity index (χ4n) is 2.84. The van der Waals surface area contributed by atoms with E-state index in [1.165, 1.54) is 6.08 Å². The number of aromatic nitrogens is 3. The highest BCUT2D eigenvalue weighted by atomic mass is 35.5. The maximum atomic E-state index is 11.8. The smallest absolute Gasteiger partial charge is 0.339 e. The van der Waals surface area contributed by atoms with Gasteiger partial charge in [-0.1, -0.05) is 23.7 Å². The number of carboxylic acids is 1. The Labute approximate surface area is 159 Å². The first-order valence-corrected chi connectivity index (χ1v) is 8.47. The van der Waals surface area contributed by atoms with Crippen molar-refractivity contribution in [2.75, 3.05) is 7.11 Å². The van der Waals surface area contributed by atoms with Crippen LogP contribution < -0.4 is 4.74 Å². The molecule has 4 aromatic rings. The summed E-state index contributed by atoms with van der Waals surface area (Å²) in [5, 5.41) is 10.7. The molecule has 0 bridgehead atoms. The minimum absolute atomic E-state index is 0.00256. The van der Waals surface area contributed by atoms with Crippen LogP contribution in [0.5, 0.6) is 5.75 Å². The van der Waals surface area contributed by atoms with Gasteiger partial charge in [0.05, 0.1) is 23.7 Å². The van der Waals surface area contributed by atoms with E-state index in [2.05, 4.69) is 15.0 Å². The minimum Gasteiger partial charge on any atom is -0.497 e. The van der Waals surface area contributed by atoms with E-state index >= 15 is 0 Å². The second kappa shape index (κ2) is 6.74. The number of ether oxygens (including phenoxy) is 1. The molecular formula is C20H14ClN3O3. The van der Waals surface area contributed by atoms with E-state index < -0.39 is 5.97 Å². The molecule has 0 aliphatic carbocycles. The highest BCUT2D eigenvalue weighted by Gasteiger charge is 2.16. The number of H-pyrrole nitrogens is 1. The molecule has 2 heterocycles. The Morgan fingerprint density at radius 3 is 2.70 bits per heavy atom. The molecule has 0 spiro atoms. The highest BCUT2D eigenvalue weighted by molar-refractivity contribution is 6.32. The number of methoxy groups -OCH3 is 1. The average molecular weight is 380 g/mol. The quantitative estimate of drug-likeness (QED) is 0.405. The topological polar surface area (TPSA) is 88.1 Å². The van der Waals surface area contributed by atoms with Crippen LogP contribution in [0.15, 0.2) is 48.5 Å². The van der Waals surface area contributed by atoms with Crippen LogP contribution in [0.1, 0.15) is 11.4 Å². The molecule has 4 rings (SSSR count). The Hall–Kier alpha value is -3.38. The van der Waals surface area contributed by atoms with Crippen LogP contribution in [-0.2, 0) is 4.79 Å². The molecule has 0 aliphatic heterocycles. The van der Waals surface area contributed by atoms with Crippen LogP contribution in [-0.4, -0.2) is 33.1 Å². The summed E-state index contributed by atoms with van der Waals surface area (Å²) in [4.78, 5) is 23.6. The van der Waals surface area contributed by atoms with Gasteiger partial charge in [-0.25, -0.2) is 14.8 Å². The van der Waals surface area contributed by atoms with Crippen LogP contribution >= 0.6 is 11.6 Å². The third-order valence-electron chi connectivity index (χ3n) is 4.18. The van der Waals surface area contributed by atoms with E-state index in [-0.39, 0.29) is 16.6 Å². The van der Waals surface area contributed by atoms with Gasteiger partial charge in [0.2, 0.25) is 0 Å². The number of carboxylic acid groups (broad SMARTS) is 1. The number of aromatic amines is 1. The zero-order chi connectivity index (χ0) is 19.0. The van der Waals surface area contributed by atoms with Crippen molar-refractivity contribution in [2.24, 2.45) is 0 Å². The molecular weight excluding hydrogens is 366 g/mol. The Morgan fingerprint density at radius 2 is 1.96 bits per heavy atom. The lowest BCUT2D eigenvalue weighted by molar-refractivity contribution is -0.130. The van der Waals surface area contributed by atoms with E-state index in [1.54, 1.807) is 19.2 Å². The molecule has 7 heteroatoms. The number of halogens is 1. The first kappa shape index (κ1) is 17.1. The zero-order valence-corrected chi connectivity index (χ0v) is 15.0. The largest absolute Gasteiger partial charge is 0.497 e. The first-order valence-electron chi connectivity index (χ1n) is 8.09. The van der Waals surface area contributed by atoms with Crippen molar-refractivity contribution in [3.63, 3.8) is 0 Å². The lowest BCUT2D eigenvalue weighted by Gasteiger charge is -2.06. The molecule has 0 saturated carbocycles. The number of fused-ring (bicyclic) bond motifs is 2. The van der Waals surface area contributed by atoms with Gasteiger partial charge >= 0.3 is 5.97 Å². The number of carbonyl (C=O) groups is 1. The fourth-order valence-corrected chi connectivity index (χ4v) is 3.04. The van der Waals surface area contributed by atoms with Crippen molar-refractivity contribution in [1.29, 1.82) is 0 Å². The number of aliphatic carboxylic acids is 1. The first-order chi connectivity index (χ1) is 13.0. The van der Waals surface area contributed by atoms with E-state index in [1.807, 2.05) is 36.4 Å². The van der Waals surface area contributed by atoms with Crippen molar-refractivity contribution >= 4 is 51.2 Å². The number of nitrogens with one attached hydrogen (secondary N) is 1. The van der Waals surface area contributed by atoms with Gasteiger partial charge in [-0.15, -0.1) is 0 Å². The summed E-state index contributed by atoms with van der Waals surface area (Å²) in [6.07, 6.45) is 1.47. The molecule has 2 N–H and O–H groups in total. The van der Waals surface area contributed by atoms with Gasteiger partial charge in [0.25, 0.3) is 0 Å². The molecule has 134 valence electrons. The number of benzene rings is 2. The van der Waals surface area contributed by atoms with E-state index in [4.69, 9.17) is 16.3 Å². The number of para-hydroxylation sites is 2. The van der Waals surface area contributed by atoms with Gasteiger partial charge in [-0.3, -0.25) is 0 Å². The Bertz CT molecular complexity index is 1180. The number of imidazole rings is 1. The molecule has 2 aromatic carbocycles. The van der Waals surface area contributed by atoms with Crippen molar-refractivity contribution in [1.82, 2.24) is 15.0 Å². The summed E-state index contributed by atoms with van der Waals surface area (Å²) < 4.78 is 5.19. The lowest BCUT2D eigenvalue weighted by Crippen LogP contribution is -2.01. The normalized spacial score (nSPS) is 11.9. The number of pyridine rings is 1. The van der Waals surface area contributed by atoms with E-state index in [0.29, 0.717) is 22.3 Å². The van der Waals surface area contributed by atoms with Crippen molar-refractivity contribution < 1.29 is 14.6 Å². The van der Waals surface area contributed by atoms with Crippen molar-refractivity contribution in [2.45, 2.75) is 0 Å². The molecule has 0 aliphatic rings. The minimum atomic E-state index is -1.11. The Kier molecular flexibility index (Phi) is 4.25. The lowest BCUT2D eigenvalue weighted by atomic mass is 10.1.